The second-order valence-corrected chi connectivity index (χ2v) is 3.18. The summed E-state index contributed by atoms with van der Waals surface area (Å²) < 4.78 is 3.81. The van der Waals surface area contributed by atoms with Crippen LogP contribution in [0.1, 0.15) is 4.88 Å². The van der Waals surface area contributed by atoms with Crippen LogP contribution in [0.2, 0.25) is 0 Å². The first kappa shape index (κ1) is 8.21. The second kappa shape index (κ2) is 3.55. The van der Waals surface area contributed by atoms with E-state index in [1.165, 1.54) is 11.5 Å². The highest BCUT2D eigenvalue weighted by Crippen LogP contribution is 2.19. The summed E-state index contributed by atoms with van der Waals surface area (Å²) in [6.07, 6.45) is 4.89. The van der Waals surface area contributed by atoms with Crippen molar-refractivity contribution in [2.45, 2.75) is 6.54 Å². The smallest absolute Gasteiger partial charge is 0.130 e. The van der Waals surface area contributed by atoms with E-state index in [9.17, 15) is 0 Å². The Bertz CT molecular complexity index is 385. The lowest BCUT2D eigenvalue weighted by Crippen LogP contribution is -1.96. The maximum atomic E-state index is 5.51. The van der Waals surface area contributed by atoms with Crippen LogP contribution in [-0.4, -0.2) is 19.6 Å². The fraction of sp³-hybridized carbons (Fsp3) is 0.143. The molecule has 0 unspecified atom stereocenters. The first-order chi connectivity index (χ1) is 6.42. The third kappa shape index (κ3) is 1.53. The summed E-state index contributed by atoms with van der Waals surface area (Å²) in [5.74, 6) is 0. The Morgan fingerprint density at radius 1 is 1.38 bits per heavy atom. The van der Waals surface area contributed by atoms with Gasteiger partial charge in [0, 0.05) is 18.9 Å². The molecule has 2 aromatic rings. The molecule has 0 fully saturated rings. The summed E-state index contributed by atoms with van der Waals surface area (Å²) >= 11 is 1.29. The summed E-state index contributed by atoms with van der Waals surface area (Å²) in [7, 11) is 0. The molecule has 0 aromatic carbocycles. The van der Waals surface area contributed by atoms with Crippen molar-refractivity contribution in [3.8, 4) is 11.4 Å². The molecule has 0 amide bonds. The Balaban J connectivity index is 2.47. The van der Waals surface area contributed by atoms with Gasteiger partial charge in [0.1, 0.15) is 11.4 Å². The van der Waals surface area contributed by atoms with Gasteiger partial charge in [-0.1, -0.05) is 4.49 Å². The van der Waals surface area contributed by atoms with Crippen molar-refractivity contribution in [2.75, 3.05) is 0 Å². The van der Waals surface area contributed by atoms with Crippen molar-refractivity contribution in [3.05, 3.63) is 23.5 Å². The minimum atomic E-state index is 0.434. The quantitative estimate of drug-likeness (QED) is 0.749. The zero-order valence-corrected chi connectivity index (χ0v) is 7.53. The van der Waals surface area contributed by atoms with Crippen LogP contribution in [0, 0.1) is 0 Å². The molecule has 2 N–H and O–H groups in total. The molecule has 0 aliphatic rings. The van der Waals surface area contributed by atoms with E-state index < -0.39 is 0 Å². The molecule has 66 valence electrons. The maximum absolute atomic E-state index is 5.51. The van der Waals surface area contributed by atoms with Crippen LogP contribution in [0.4, 0.5) is 0 Å². The van der Waals surface area contributed by atoms with Crippen LogP contribution in [0.5, 0.6) is 0 Å². The van der Waals surface area contributed by atoms with Gasteiger partial charge in [-0.2, -0.15) is 0 Å². The summed E-state index contributed by atoms with van der Waals surface area (Å²) in [5.41, 5.74) is 6.97. The third-order valence-corrected chi connectivity index (χ3v) is 2.29. The Labute approximate surface area is 78.8 Å². The van der Waals surface area contributed by atoms with E-state index in [-0.39, 0.29) is 0 Å². The van der Waals surface area contributed by atoms with Gasteiger partial charge in [-0.15, -0.1) is 5.10 Å². The molecule has 0 atom stereocenters. The number of nitrogens with zero attached hydrogens (tertiary/aromatic N) is 4. The molecule has 2 heterocycles. The van der Waals surface area contributed by atoms with Gasteiger partial charge in [0.15, 0.2) is 0 Å². The van der Waals surface area contributed by atoms with Crippen LogP contribution >= 0.6 is 11.5 Å². The van der Waals surface area contributed by atoms with Crippen molar-refractivity contribution in [1.82, 2.24) is 19.6 Å². The normalized spacial score (nSPS) is 10.2. The molecule has 0 saturated heterocycles. The highest BCUT2D eigenvalue weighted by molar-refractivity contribution is 7.05. The van der Waals surface area contributed by atoms with Crippen molar-refractivity contribution in [2.24, 2.45) is 5.73 Å². The molecule has 2 aromatic heterocycles. The van der Waals surface area contributed by atoms with E-state index in [0.29, 0.717) is 6.54 Å². The molecule has 6 heteroatoms. The van der Waals surface area contributed by atoms with Crippen LogP contribution in [0.25, 0.3) is 11.4 Å². The molecule has 0 aliphatic carbocycles. The fourth-order valence-electron chi connectivity index (χ4n) is 0.959. The van der Waals surface area contributed by atoms with Gasteiger partial charge in [-0.05, 0) is 11.5 Å². The van der Waals surface area contributed by atoms with Crippen molar-refractivity contribution in [3.63, 3.8) is 0 Å². The van der Waals surface area contributed by atoms with E-state index in [0.717, 1.165) is 16.3 Å². The maximum Gasteiger partial charge on any atom is 0.130 e. The molecule has 2 rings (SSSR count). The average molecular weight is 193 g/mol. The molecule has 13 heavy (non-hydrogen) atoms. The number of hydrogen-bond acceptors (Lipinski definition) is 6. The zero-order chi connectivity index (χ0) is 9.10. The lowest BCUT2D eigenvalue weighted by Gasteiger charge is -1.95. The minimum absolute atomic E-state index is 0.434. The first-order valence-electron chi connectivity index (χ1n) is 3.69. The molecular formula is C7H7N5S. The monoisotopic (exact) mass is 193 g/mol. The zero-order valence-electron chi connectivity index (χ0n) is 6.71. The highest BCUT2D eigenvalue weighted by Gasteiger charge is 2.09. The number of nitrogens with two attached hydrogens (primary N) is 1. The average Bonchev–Trinajstić information content (AvgIpc) is 2.67. The van der Waals surface area contributed by atoms with Gasteiger partial charge < -0.3 is 5.73 Å². The number of rotatable bonds is 2. The number of aromatic nitrogens is 4. The molecule has 0 radical (unpaired) electrons. The summed E-state index contributed by atoms with van der Waals surface area (Å²) in [6, 6.07) is 0. The Morgan fingerprint density at radius 2 is 2.31 bits per heavy atom. The van der Waals surface area contributed by atoms with Gasteiger partial charge in [0.05, 0.1) is 11.1 Å². The minimum Gasteiger partial charge on any atom is -0.326 e. The standard InChI is InChI=1S/C7H7N5S/c8-3-6-7(11-12-13-6)5-4-9-1-2-10-5/h1-2,4H,3,8H2. The lowest BCUT2D eigenvalue weighted by atomic mass is 10.3. The molecular weight excluding hydrogens is 186 g/mol. The predicted molar refractivity (Wildman–Crippen MR) is 48.8 cm³/mol. The molecule has 0 aliphatic heterocycles. The van der Waals surface area contributed by atoms with E-state index in [2.05, 4.69) is 19.6 Å². The third-order valence-electron chi connectivity index (χ3n) is 1.55. The molecule has 0 bridgehead atoms. The van der Waals surface area contributed by atoms with Gasteiger partial charge >= 0.3 is 0 Å². The largest absolute Gasteiger partial charge is 0.326 e. The van der Waals surface area contributed by atoms with Gasteiger partial charge in [-0.25, -0.2) is 0 Å². The van der Waals surface area contributed by atoms with E-state index >= 15 is 0 Å². The molecule has 0 spiro atoms. The Kier molecular flexibility index (Phi) is 2.24. The van der Waals surface area contributed by atoms with Crippen LogP contribution in [0.15, 0.2) is 18.6 Å². The Morgan fingerprint density at radius 3 is 3.00 bits per heavy atom. The topological polar surface area (TPSA) is 77.6 Å². The summed E-state index contributed by atoms with van der Waals surface area (Å²) in [5, 5.41) is 3.94. The van der Waals surface area contributed by atoms with E-state index in [1.54, 1.807) is 18.6 Å². The first-order valence-corrected chi connectivity index (χ1v) is 4.47. The lowest BCUT2D eigenvalue weighted by molar-refractivity contribution is 1.07. The van der Waals surface area contributed by atoms with E-state index in [4.69, 9.17) is 5.73 Å². The molecule has 0 saturated carbocycles. The van der Waals surface area contributed by atoms with Gasteiger partial charge in [-0.3, -0.25) is 9.97 Å². The summed E-state index contributed by atoms with van der Waals surface area (Å²) in [6.45, 7) is 0.434. The van der Waals surface area contributed by atoms with Gasteiger partial charge in [0.25, 0.3) is 0 Å². The second-order valence-electron chi connectivity index (χ2n) is 2.34. The van der Waals surface area contributed by atoms with Crippen LogP contribution < -0.4 is 5.73 Å². The SMILES string of the molecule is NCc1snnc1-c1cnccn1. The van der Waals surface area contributed by atoms with Crippen molar-refractivity contribution < 1.29 is 0 Å². The summed E-state index contributed by atoms with van der Waals surface area (Å²) in [4.78, 5) is 9.00. The molecule has 5 nitrogen and oxygen atoms in total. The van der Waals surface area contributed by atoms with Gasteiger partial charge in [0.2, 0.25) is 0 Å². The number of hydrogen-bond donors (Lipinski definition) is 1. The van der Waals surface area contributed by atoms with Crippen LogP contribution in [-0.2, 0) is 6.54 Å². The predicted octanol–water partition coefficient (Wildman–Crippen LogP) is 0.454. The van der Waals surface area contributed by atoms with Crippen molar-refractivity contribution >= 4 is 11.5 Å². The van der Waals surface area contributed by atoms with Crippen molar-refractivity contribution in [1.29, 1.82) is 0 Å². The van der Waals surface area contributed by atoms with Crippen LogP contribution in [0.3, 0.4) is 0 Å². The fourth-order valence-corrected chi connectivity index (χ4v) is 1.49. The Hall–Kier alpha value is -1.40. The van der Waals surface area contributed by atoms with E-state index in [1.807, 2.05) is 0 Å². The highest BCUT2D eigenvalue weighted by atomic mass is 32.1.